The topological polar surface area (TPSA) is 72.3 Å². The van der Waals surface area contributed by atoms with Gasteiger partial charge in [0.25, 0.3) is 0 Å². The molecule has 4 aromatic rings. The SMILES string of the molecule is CC(C)=CCc1c(OC(=O)Cc2c[nH]c3ccccc23)ccc2ccc(=O)oc12. The summed E-state index contributed by atoms with van der Waals surface area (Å²) in [6.07, 6.45) is 4.49. The van der Waals surface area contributed by atoms with E-state index in [0.29, 0.717) is 23.3 Å². The Morgan fingerprint density at radius 1 is 1.10 bits per heavy atom. The molecule has 0 spiro atoms. The maximum absolute atomic E-state index is 12.7. The maximum Gasteiger partial charge on any atom is 0.336 e. The predicted octanol–water partition coefficient (Wildman–Crippen LogP) is 4.93. The second kappa shape index (κ2) is 7.80. The zero-order valence-corrected chi connectivity index (χ0v) is 16.3. The standard InChI is InChI=1S/C24H21NO4/c1-15(2)7-10-19-21(11-8-16-9-12-22(26)29-24(16)19)28-23(27)13-17-14-25-20-6-4-3-5-18(17)20/h3-9,11-12,14,25H,10,13H2,1-2H3. The highest BCUT2D eigenvalue weighted by Gasteiger charge is 2.16. The number of para-hydroxylation sites is 1. The van der Waals surface area contributed by atoms with Crippen molar-refractivity contribution in [3.8, 4) is 5.75 Å². The van der Waals surface area contributed by atoms with E-state index in [2.05, 4.69) is 4.98 Å². The van der Waals surface area contributed by atoms with Gasteiger partial charge >= 0.3 is 11.6 Å². The number of rotatable bonds is 5. The molecule has 0 fully saturated rings. The van der Waals surface area contributed by atoms with Crippen molar-refractivity contribution in [2.75, 3.05) is 0 Å². The van der Waals surface area contributed by atoms with Crippen LogP contribution in [0, 0.1) is 0 Å². The third kappa shape index (κ3) is 3.99. The van der Waals surface area contributed by atoms with Gasteiger partial charge in [-0.3, -0.25) is 4.79 Å². The summed E-state index contributed by atoms with van der Waals surface area (Å²) in [6.45, 7) is 3.98. The lowest BCUT2D eigenvalue weighted by molar-refractivity contribution is -0.133. The van der Waals surface area contributed by atoms with Gasteiger partial charge in [0.1, 0.15) is 11.3 Å². The van der Waals surface area contributed by atoms with Gasteiger partial charge < -0.3 is 14.1 Å². The van der Waals surface area contributed by atoms with Gasteiger partial charge in [-0.05, 0) is 50.1 Å². The molecule has 0 saturated carbocycles. The molecule has 0 saturated heterocycles. The average Bonchev–Trinajstić information content (AvgIpc) is 3.09. The first-order valence-corrected chi connectivity index (χ1v) is 9.46. The summed E-state index contributed by atoms with van der Waals surface area (Å²) in [5, 5.41) is 1.79. The molecule has 0 radical (unpaired) electrons. The van der Waals surface area contributed by atoms with Crippen molar-refractivity contribution in [1.29, 1.82) is 0 Å². The second-order valence-corrected chi connectivity index (χ2v) is 7.21. The van der Waals surface area contributed by atoms with E-state index in [1.165, 1.54) is 6.07 Å². The zero-order valence-electron chi connectivity index (χ0n) is 16.3. The maximum atomic E-state index is 12.7. The van der Waals surface area contributed by atoms with Crippen LogP contribution < -0.4 is 10.4 Å². The van der Waals surface area contributed by atoms with Crippen molar-refractivity contribution in [3.63, 3.8) is 0 Å². The fourth-order valence-electron chi connectivity index (χ4n) is 3.36. The number of fused-ring (bicyclic) bond motifs is 2. The van der Waals surface area contributed by atoms with E-state index < -0.39 is 5.63 Å². The Bertz CT molecular complexity index is 1290. The first-order valence-electron chi connectivity index (χ1n) is 9.46. The monoisotopic (exact) mass is 387 g/mol. The van der Waals surface area contributed by atoms with Crippen LogP contribution in [0.15, 0.2) is 75.6 Å². The van der Waals surface area contributed by atoms with E-state index in [9.17, 15) is 9.59 Å². The predicted molar refractivity (Wildman–Crippen MR) is 113 cm³/mol. The van der Waals surface area contributed by atoms with Crippen LogP contribution in [0.25, 0.3) is 21.9 Å². The molecule has 0 aliphatic rings. The van der Waals surface area contributed by atoms with Crippen molar-refractivity contribution in [2.45, 2.75) is 26.7 Å². The van der Waals surface area contributed by atoms with Crippen LogP contribution in [0.4, 0.5) is 0 Å². The Morgan fingerprint density at radius 2 is 1.90 bits per heavy atom. The van der Waals surface area contributed by atoms with Gasteiger partial charge in [0.05, 0.1) is 6.42 Å². The number of carbonyl (C=O) groups excluding carboxylic acids is 1. The minimum atomic E-state index is -0.432. The van der Waals surface area contributed by atoms with Crippen LogP contribution in [-0.4, -0.2) is 11.0 Å². The summed E-state index contributed by atoms with van der Waals surface area (Å²) >= 11 is 0. The van der Waals surface area contributed by atoms with Crippen molar-refractivity contribution in [1.82, 2.24) is 4.98 Å². The second-order valence-electron chi connectivity index (χ2n) is 7.21. The number of aromatic nitrogens is 1. The third-order valence-electron chi connectivity index (χ3n) is 4.80. The van der Waals surface area contributed by atoms with Crippen LogP contribution >= 0.6 is 0 Å². The van der Waals surface area contributed by atoms with Crippen molar-refractivity contribution < 1.29 is 13.9 Å². The number of benzene rings is 2. The summed E-state index contributed by atoms with van der Waals surface area (Å²) in [5.41, 5.74) is 3.69. The molecule has 0 unspecified atom stereocenters. The summed E-state index contributed by atoms with van der Waals surface area (Å²) in [6, 6.07) is 14.5. The van der Waals surface area contributed by atoms with Crippen LogP contribution in [-0.2, 0) is 17.6 Å². The van der Waals surface area contributed by atoms with Gasteiger partial charge in [0.15, 0.2) is 0 Å². The number of esters is 1. The molecule has 2 aromatic heterocycles. The number of carbonyl (C=O) groups is 1. The number of hydrogen-bond acceptors (Lipinski definition) is 4. The first-order chi connectivity index (χ1) is 14.0. The molecule has 146 valence electrons. The molecule has 2 heterocycles. The van der Waals surface area contributed by atoms with E-state index in [1.54, 1.807) is 18.2 Å². The van der Waals surface area contributed by atoms with Crippen LogP contribution in [0.5, 0.6) is 5.75 Å². The van der Waals surface area contributed by atoms with Gasteiger partial charge in [0.2, 0.25) is 0 Å². The fourth-order valence-corrected chi connectivity index (χ4v) is 3.36. The molecule has 0 atom stereocenters. The summed E-state index contributed by atoms with van der Waals surface area (Å²) in [5.74, 6) is 0.0417. The lowest BCUT2D eigenvalue weighted by Crippen LogP contribution is -2.12. The Balaban J connectivity index is 1.67. The molecule has 0 bridgehead atoms. The molecule has 1 N–H and O–H groups in total. The number of ether oxygens (including phenoxy) is 1. The van der Waals surface area contributed by atoms with Crippen molar-refractivity contribution in [2.24, 2.45) is 0 Å². The molecule has 5 heteroatoms. The van der Waals surface area contributed by atoms with E-state index in [1.807, 2.05) is 50.4 Å². The van der Waals surface area contributed by atoms with Crippen LogP contribution in [0.3, 0.4) is 0 Å². The van der Waals surface area contributed by atoms with Gasteiger partial charge in [-0.15, -0.1) is 0 Å². The van der Waals surface area contributed by atoms with Crippen LogP contribution in [0.1, 0.15) is 25.0 Å². The number of allylic oxidation sites excluding steroid dienone is 2. The zero-order chi connectivity index (χ0) is 20.4. The van der Waals surface area contributed by atoms with Crippen molar-refractivity contribution >= 4 is 27.8 Å². The molecule has 0 aliphatic carbocycles. The third-order valence-corrected chi connectivity index (χ3v) is 4.80. The highest BCUT2D eigenvalue weighted by Crippen LogP contribution is 2.29. The van der Waals surface area contributed by atoms with E-state index in [-0.39, 0.29) is 12.4 Å². The number of hydrogen-bond donors (Lipinski definition) is 1. The molecular weight excluding hydrogens is 366 g/mol. The number of nitrogens with one attached hydrogen (secondary N) is 1. The van der Waals surface area contributed by atoms with Crippen molar-refractivity contribution in [3.05, 3.63) is 87.9 Å². The fraction of sp³-hybridized carbons (Fsp3) is 0.167. The highest BCUT2D eigenvalue weighted by atomic mass is 16.5. The summed E-state index contributed by atoms with van der Waals surface area (Å²) in [4.78, 5) is 27.6. The molecule has 4 rings (SSSR count). The average molecular weight is 387 g/mol. The number of aromatic amines is 1. The molecular formula is C24H21NO4. The van der Waals surface area contributed by atoms with Gasteiger partial charge in [0, 0.05) is 34.1 Å². The largest absolute Gasteiger partial charge is 0.426 e. The van der Waals surface area contributed by atoms with Gasteiger partial charge in [-0.25, -0.2) is 4.79 Å². The van der Waals surface area contributed by atoms with E-state index in [0.717, 1.165) is 27.4 Å². The number of H-pyrrole nitrogens is 1. The van der Waals surface area contributed by atoms with Gasteiger partial charge in [-0.2, -0.15) is 0 Å². The summed E-state index contributed by atoms with van der Waals surface area (Å²) in [7, 11) is 0. The lowest BCUT2D eigenvalue weighted by Gasteiger charge is -2.11. The first kappa shape index (κ1) is 18.7. The normalized spacial score (nSPS) is 11.0. The smallest absolute Gasteiger partial charge is 0.336 e. The lowest BCUT2D eigenvalue weighted by atomic mass is 10.1. The highest BCUT2D eigenvalue weighted by molar-refractivity contribution is 5.89. The molecule has 5 nitrogen and oxygen atoms in total. The Labute approximate surface area is 167 Å². The summed E-state index contributed by atoms with van der Waals surface area (Å²) < 4.78 is 11.1. The molecule has 0 aliphatic heterocycles. The quantitative estimate of drug-likeness (QED) is 0.228. The van der Waals surface area contributed by atoms with Gasteiger partial charge in [-0.1, -0.05) is 29.8 Å². The Kier molecular flexibility index (Phi) is 5.04. The Morgan fingerprint density at radius 3 is 2.72 bits per heavy atom. The van der Waals surface area contributed by atoms with E-state index >= 15 is 0 Å². The Hall–Kier alpha value is -3.60. The molecule has 0 amide bonds. The van der Waals surface area contributed by atoms with E-state index in [4.69, 9.17) is 9.15 Å². The minimum Gasteiger partial charge on any atom is -0.426 e. The molecule has 29 heavy (non-hydrogen) atoms. The molecule has 2 aromatic carbocycles. The van der Waals surface area contributed by atoms with Crippen LogP contribution in [0.2, 0.25) is 0 Å². The minimum absolute atomic E-state index is 0.142.